The van der Waals surface area contributed by atoms with E-state index in [4.69, 9.17) is 4.74 Å². The number of para-hydroxylation sites is 1. The molecule has 0 radical (unpaired) electrons. The minimum atomic E-state index is -3.90. The zero-order chi connectivity index (χ0) is 18.0. The van der Waals surface area contributed by atoms with E-state index in [2.05, 4.69) is 4.72 Å². The molecular formula is C18H15NO5S. The molecule has 0 bridgehead atoms. The molecule has 0 saturated heterocycles. The molecule has 0 atom stereocenters. The maximum absolute atomic E-state index is 12.7. The lowest BCUT2D eigenvalue weighted by Gasteiger charge is -2.12. The number of rotatable bonds is 4. The van der Waals surface area contributed by atoms with Gasteiger partial charge in [0.15, 0.2) is 0 Å². The number of fused-ring (bicyclic) bond motifs is 1. The van der Waals surface area contributed by atoms with Crippen molar-refractivity contribution in [3.63, 3.8) is 0 Å². The van der Waals surface area contributed by atoms with E-state index in [9.17, 15) is 18.3 Å². The number of phenols is 1. The molecule has 6 nitrogen and oxygen atoms in total. The van der Waals surface area contributed by atoms with Crippen molar-refractivity contribution in [1.29, 1.82) is 0 Å². The summed E-state index contributed by atoms with van der Waals surface area (Å²) in [5, 5.41) is 10.6. The van der Waals surface area contributed by atoms with Gasteiger partial charge in [0.25, 0.3) is 10.0 Å². The largest absolute Gasteiger partial charge is 0.508 e. The van der Waals surface area contributed by atoms with Crippen LogP contribution in [0.2, 0.25) is 0 Å². The number of hydrogen-bond donors (Lipinski definition) is 2. The van der Waals surface area contributed by atoms with E-state index in [0.717, 1.165) is 0 Å². The molecule has 0 aromatic heterocycles. The fourth-order valence-corrected chi connectivity index (χ4v) is 3.52. The average molecular weight is 357 g/mol. The van der Waals surface area contributed by atoms with E-state index in [1.54, 1.807) is 36.4 Å². The second-order valence-corrected chi connectivity index (χ2v) is 7.07. The molecule has 2 N–H and O–H groups in total. The van der Waals surface area contributed by atoms with Gasteiger partial charge in [-0.25, -0.2) is 8.42 Å². The maximum Gasteiger partial charge on any atom is 0.308 e. The summed E-state index contributed by atoms with van der Waals surface area (Å²) in [4.78, 5) is 11.3. The smallest absolute Gasteiger partial charge is 0.308 e. The van der Waals surface area contributed by atoms with Gasteiger partial charge in [-0.3, -0.25) is 9.52 Å². The molecule has 0 saturated carbocycles. The quantitative estimate of drug-likeness (QED) is 0.552. The summed E-state index contributed by atoms with van der Waals surface area (Å²) in [6.45, 7) is 1.23. The molecule has 7 heteroatoms. The average Bonchev–Trinajstić information content (AvgIpc) is 2.54. The molecule has 0 aliphatic carbocycles. The monoisotopic (exact) mass is 357 g/mol. The lowest BCUT2D eigenvalue weighted by molar-refractivity contribution is -0.131. The summed E-state index contributed by atoms with van der Waals surface area (Å²) >= 11 is 0. The summed E-state index contributed by atoms with van der Waals surface area (Å²) in [7, 11) is -3.90. The predicted octanol–water partition coefficient (Wildman–Crippen LogP) is 3.27. The molecule has 0 fully saturated rings. The minimum absolute atomic E-state index is 0.0214. The Hall–Kier alpha value is -3.06. The molecule has 128 valence electrons. The topological polar surface area (TPSA) is 92.7 Å². The van der Waals surface area contributed by atoms with E-state index in [0.29, 0.717) is 16.5 Å². The molecule has 3 aromatic rings. The number of sulfonamides is 1. The van der Waals surface area contributed by atoms with Crippen LogP contribution in [-0.2, 0) is 14.8 Å². The minimum Gasteiger partial charge on any atom is -0.508 e. The van der Waals surface area contributed by atoms with E-state index >= 15 is 0 Å². The van der Waals surface area contributed by atoms with E-state index in [-0.39, 0.29) is 16.4 Å². The van der Waals surface area contributed by atoms with Crippen molar-refractivity contribution in [2.45, 2.75) is 11.8 Å². The first-order chi connectivity index (χ1) is 11.8. The van der Waals surface area contributed by atoms with Crippen molar-refractivity contribution in [2.75, 3.05) is 4.72 Å². The van der Waals surface area contributed by atoms with Crippen LogP contribution in [0, 0.1) is 0 Å². The Labute approximate surface area is 144 Å². The van der Waals surface area contributed by atoms with Crippen LogP contribution in [0.15, 0.2) is 65.6 Å². The number of nitrogens with one attached hydrogen (secondary N) is 1. The summed E-state index contributed by atoms with van der Waals surface area (Å²) in [6, 6.07) is 15.5. The highest BCUT2D eigenvalue weighted by Gasteiger charge is 2.18. The van der Waals surface area contributed by atoms with Gasteiger partial charge in [-0.1, -0.05) is 18.2 Å². The number of ether oxygens (including phenoxy) is 1. The lowest BCUT2D eigenvalue weighted by Crippen LogP contribution is -2.13. The van der Waals surface area contributed by atoms with Gasteiger partial charge in [-0.05, 0) is 41.8 Å². The van der Waals surface area contributed by atoms with Crippen molar-refractivity contribution in [1.82, 2.24) is 0 Å². The predicted molar refractivity (Wildman–Crippen MR) is 94.2 cm³/mol. The Morgan fingerprint density at radius 3 is 2.44 bits per heavy atom. The highest BCUT2D eigenvalue weighted by Crippen LogP contribution is 2.32. The number of anilines is 1. The molecule has 3 rings (SSSR count). The second-order valence-electron chi connectivity index (χ2n) is 5.39. The Morgan fingerprint density at radius 1 is 1.04 bits per heavy atom. The van der Waals surface area contributed by atoms with Crippen molar-refractivity contribution in [2.24, 2.45) is 0 Å². The molecule has 0 unspecified atom stereocenters. The van der Waals surface area contributed by atoms with Crippen LogP contribution in [0.25, 0.3) is 10.8 Å². The van der Waals surface area contributed by atoms with Gasteiger partial charge in [-0.15, -0.1) is 0 Å². The van der Waals surface area contributed by atoms with E-state index in [1.165, 1.54) is 31.2 Å². The number of hydrogen-bond acceptors (Lipinski definition) is 5. The lowest BCUT2D eigenvalue weighted by atomic mass is 10.1. The summed E-state index contributed by atoms with van der Waals surface area (Å²) in [5.41, 5.74) is 0.410. The van der Waals surface area contributed by atoms with Gasteiger partial charge >= 0.3 is 5.97 Å². The first-order valence-corrected chi connectivity index (χ1v) is 8.86. The van der Waals surface area contributed by atoms with E-state index in [1.807, 2.05) is 0 Å². The zero-order valence-electron chi connectivity index (χ0n) is 13.3. The third-order valence-electron chi connectivity index (χ3n) is 3.46. The second kappa shape index (κ2) is 6.45. The van der Waals surface area contributed by atoms with Crippen LogP contribution in [0.5, 0.6) is 11.5 Å². The summed E-state index contributed by atoms with van der Waals surface area (Å²) in [5.74, 6) is -0.481. The zero-order valence-corrected chi connectivity index (χ0v) is 14.1. The Balaban J connectivity index is 2.13. The maximum atomic E-state index is 12.7. The fraction of sp³-hybridized carbons (Fsp3) is 0.0556. The van der Waals surface area contributed by atoms with Crippen LogP contribution in [0.3, 0.4) is 0 Å². The molecule has 0 aliphatic heterocycles. The Kier molecular flexibility index (Phi) is 4.33. The number of esters is 1. The van der Waals surface area contributed by atoms with Gasteiger partial charge in [0.2, 0.25) is 0 Å². The van der Waals surface area contributed by atoms with Gasteiger partial charge in [0.1, 0.15) is 11.5 Å². The fourth-order valence-electron chi connectivity index (χ4n) is 2.41. The highest BCUT2D eigenvalue weighted by atomic mass is 32.2. The molecule has 0 aliphatic rings. The Bertz CT molecular complexity index is 1050. The SMILES string of the molecule is CC(=O)Oc1cc(S(=O)(=O)Nc2ccccc2)cc2cc(O)ccc12. The van der Waals surface area contributed by atoms with Crippen LogP contribution < -0.4 is 9.46 Å². The van der Waals surface area contributed by atoms with E-state index < -0.39 is 16.0 Å². The molecule has 0 heterocycles. The number of phenolic OH excluding ortho intramolecular Hbond substituents is 1. The molecule has 3 aromatic carbocycles. The normalized spacial score (nSPS) is 11.2. The number of aromatic hydroxyl groups is 1. The van der Waals surface area contributed by atoms with Crippen LogP contribution in [-0.4, -0.2) is 19.5 Å². The van der Waals surface area contributed by atoms with Crippen molar-refractivity contribution in [3.05, 3.63) is 60.7 Å². The number of benzene rings is 3. The van der Waals surface area contributed by atoms with Crippen LogP contribution >= 0.6 is 0 Å². The first-order valence-electron chi connectivity index (χ1n) is 7.38. The Morgan fingerprint density at radius 2 is 1.76 bits per heavy atom. The van der Waals surface area contributed by atoms with Crippen LogP contribution in [0.1, 0.15) is 6.92 Å². The van der Waals surface area contributed by atoms with Crippen LogP contribution in [0.4, 0.5) is 5.69 Å². The molecular weight excluding hydrogens is 342 g/mol. The third kappa shape index (κ3) is 3.72. The van der Waals surface area contributed by atoms with Gasteiger partial charge in [0.05, 0.1) is 4.90 Å². The van der Waals surface area contributed by atoms with Gasteiger partial charge < -0.3 is 9.84 Å². The van der Waals surface area contributed by atoms with Gasteiger partial charge in [-0.2, -0.15) is 0 Å². The summed E-state index contributed by atoms with van der Waals surface area (Å²) in [6.07, 6.45) is 0. The highest BCUT2D eigenvalue weighted by molar-refractivity contribution is 7.92. The van der Waals surface area contributed by atoms with Crippen molar-refractivity contribution >= 4 is 32.5 Å². The van der Waals surface area contributed by atoms with Crippen molar-refractivity contribution in [3.8, 4) is 11.5 Å². The first kappa shape index (κ1) is 16.8. The number of carbonyl (C=O) groups is 1. The molecule has 0 spiro atoms. The summed E-state index contributed by atoms with van der Waals surface area (Å²) < 4.78 is 32.9. The van der Waals surface area contributed by atoms with Crippen molar-refractivity contribution < 1.29 is 23.1 Å². The number of carbonyl (C=O) groups excluding carboxylic acids is 1. The molecule has 0 amide bonds. The third-order valence-corrected chi connectivity index (χ3v) is 4.82. The van der Waals surface area contributed by atoms with Gasteiger partial charge in [0, 0.05) is 24.1 Å². The standard InChI is InChI=1S/C18H15NO5S/c1-12(20)24-18-11-16(10-13-9-15(21)7-8-17(13)18)25(22,23)19-14-5-3-2-4-6-14/h2-11,19,21H,1H3. The molecule has 25 heavy (non-hydrogen) atoms.